The first-order valence-electron chi connectivity index (χ1n) is 4.49. The predicted molar refractivity (Wildman–Crippen MR) is 56.3 cm³/mol. The van der Waals surface area contributed by atoms with Gasteiger partial charge in [-0.25, -0.2) is 4.98 Å². The molecule has 0 aliphatic rings. The monoisotopic (exact) mass is 224 g/mol. The van der Waals surface area contributed by atoms with Crippen LogP contribution in [0.2, 0.25) is 0 Å². The molecule has 0 spiro atoms. The quantitative estimate of drug-likeness (QED) is 0.464. The van der Waals surface area contributed by atoms with E-state index >= 15 is 0 Å². The van der Waals surface area contributed by atoms with Crippen LogP contribution >= 0.6 is 0 Å². The Bertz CT molecular complexity index is 404. The summed E-state index contributed by atoms with van der Waals surface area (Å²) in [6.45, 7) is -0.312. The summed E-state index contributed by atoms with van der Waals surface area (Å²) in [4.78, 5) is 6.60. The lowest BCUT2D eigenvalue weighted by Crippen LogP contribution is -2.04. The number of nitrogens with zero attached hydrogens (tertiary/aromatic N) is 4. The summed E-state index contributed by atoms with van der Waals surface area (Å²) in [5, 5.41) is 12.6. The van der Waals surface area contributed by atoms with Crippen molar-refractivity contribution in [1.82, 2.24) is 4.98 Å². The summed E-state index contributed by atoms with van der Waals surface area (Å²) >= 11 is 0. The second-order valence-corrected chi connectivity index (χ2v) is 2.87. The Morgan fingerprint density at radius 1 is 1.56 bits per heavy atom. The lowest BCUT2D eigenvalue weighted by Gasteiger charge is -2.13. The molecule has 1 rings (SSSR count). The highest BCUT2D eigenvalue weighted by Crippen LogP contribution is 2.29. The minimum Gasteiger partial charge on any atom is -0.495 e. The van der Waals surface area contributed by atoms with E-state index in [1.54, 1.807) is 6.07 Å². The predicted octanol–water partition coefficient (Wildman–Crippen LogP) is 1.44. The van der Waals surface area contributed by atoms with Crippen molar-refractivity contribution in [3.05, 3.63) is 28.3 Å². The smallest absolute Gasteiger partial charge is 0.213 e. The molecule has 0 fully saturated rings. The number of hydrogen-bond acceptors (Lipinski definition) is 5. The van der Waals surface area contributed by atoms with Gasteiger partial charge in [0, 0.05) is 16.5 Å². The van der Waals surface area contributed by atoms with E-state index < -0.39 is 6.04 Å². The number of aliphatic hydroxyl groups is 1. The van der Waals surface area contributed by atoms with Crippen LogP contribution in [-0.4, -0.2) is 30.9 Å². The molecule has 1 aromatic heterocycles. The third-order valence-electron chi connectivity index (χ3n) is 2.02. The number of hydrogen-bond donors (Lipinski definition) is 1. The van der Waals surface area contributed by atoms with Crippen molar-refractivity contribution in [2.24, 2.45) is 5.11 Å². The maximum atomic E-state index is 9.11. The average Bonchev–Trinajstić information content (AvgIpc) is 2.35. The highest BCUT2D eigenvalue weighted by Gasteiger charge is 2.15. The van der Waals surface area contributed by atoms with Crippen molar-refractivity contribution in [2.45, 2.75) is 6.04 Å². The van der Waals surface area contributed by atoms with Gasteiger partial charge in [-0.3, -0.25) is 0 Å². The molecule has 0 bridgehead atoms. The zero-order valence-corrected chi connectivity index (χ0v) is 8.99. The van der Waals surface area contributed by atoms with E-state index in [0.29, 0.717) is 17.2 Å². The van der Waals surface area contributed by atoms with Gasteiger partial charge in [-0.15, -0.1) is 0 Å². The molecular formula is C9H12N4O3. The highest BCUT2D eigenvalue weighted by molar-refractivity contribution is 5.37. The summed E-state index contributed by atoms with van der Waals surface area (Å²) in [5.74, 6) is 0.801. The van der Waals surface area contributed by atoms with Crippen LogP contribution in [0.1, 0.15) is 11.6 Å². The van der Waals surface area contributed by atoms with Gasteiger partial charge in [0.25, 0.3) is 0 Å². The van der Waals surface area contributed by atoms with Gasteiger partial charge < -0.3 is 14.6 Å². The Labute approximate surface area is 92.3 Å². The van der Waals surface area contributed by atoms with Gasteiger partial charge in [-0.1, -0.05) is 5.11 Å². The maximum Gasteiger partial charge on any atom is 0.213 e. The summed E-state index contributed by atoms with van der Waals surface area (Å²) in [5.41, 5.74) is 8.92. The van der Waals surface area contributed by atoms with E-state index in [1.165, 1.54) is 20.4 Å². The van der Waals surface area contributed by atoms with Crippen LogP contribution in [0.25, 0.3) is 10.4 Å². The zero-order chi connectivity index (χ0) is 12.0. The summed E-state index contributed by atoms with van der Waals surface area (Å²) in [6.07, 6.45) is 1.45. The van der Waals surface area contributed by atoms with Crippen LogP contribution in [0.15, 0.2) is 17.4 Å². The van der Waals surface area contributed by atoms with Crippen LogP contribution in [0.3, 0.4) is 0 Å². The van der Waals surface area contributed by atoms with Crippen LogP contribution in [-0.2, 0) is 0 Å². The Hall–Kier alpha value is -1.98. The first-order chi connectivity index (χ1) is 7.76. The third kappa shape index (κ3) is 2.53. The summed E-state index contributed by atoms with van der Waals surface area (Å²) in [6, 6.07) is 0.853. The fourth-order valence-corrected chi connectivity index (χ4v) is 1.24. The van der Waals surface area contributed by atoms with Crippen molar-refractivity contribution in [2.75, 3.05) is 20.8 Å². The number of ether oxygens (including phenoxy) is 2. The van der Waals surface area contributed by atoms with Crippen molar-refractivity contribution >= 4 is 0 Å². The second-order valence-electron chi connectivity index (χ2n) is 2.87. The molecule has 1 unspecified atom stereocenters. The van der Waals surface area contributed by atoms with Crippen molar-refractivity contribution in [3.63, 3.8) is 0 Å². The van der Waals surface area contributed by atoms with E-state index in [0.717, 1.165) is 0 Å². The number of rotatable bonds is 5. The zero-order valence-electron chi connectivity index (χ0n) is 8.99. The van der Waals surface area contributed by atoms with Gasteiger partial charge in [0.15, 0.2) is 0 Å². The van der Waals surface area contributed by atoms with Gasteiger partial charge in [-0.05, 0) is 5.53 Å². The van der Waals surface area contributed by atoms with E-state index in [9.17, 15) is 0 Å². The topological polar surface area (TPSA) is 100 Å². The molecule has 16 heavy (non-hydrogen) atoms. The number of aromatic nitrogens is 1. The van der Waals surface area contributed by atoms with E-state index in [2.05, 4.69) is 15.0 Å². The third-order valence-corrected chi connectivity index (χ3v) is 2.02. The lowest BCUT2D eigenvalue weighted by atomic mass is 10.1. The molecule has 1 N–H and O–H groups in total. The second kappa shape index (κ2) is 5.79. The molecule has 1 atom stereocenters. The van der Waals surface area contributed by atoms with E-state index in [-0.39, 0.29) is 6.61 Å². The Morgan fingerprint density at radius 3 is 2.81 bits per heavy atom. The Morgan fingerprint density at radius 2 is 2.31 bits per heavy atom. The molecule has 0 radical (unpaired) electrons. The normalized spacial score (nSPS) is 11.4. The van der Waals surface area contributed by atoms with Crippen molar-refractivity contribution < 1.29 is 14.6 Å². The molecule has 0 saturated carbocycles. The summed E-state index contributed by atoms with van der Waals surface area (Å²) < 4.78 is 10.0. The highest BCUT2D eigenvalue weighted by atomic mass is 16.5. The Kier molecular flexibility index (Phi) is 4.38. The SMILES string of the molecule is COc1cc(C(CO)N=[N+]=[N-])c(OC)cn1. The van der Waals surface area contributed by atoms with Gasteiger partial charge in [-0.2, -0.15) is 0 Å². The molecular weight excluding hydrogens is 212 g/mol. The van der Waals surface area contributed by atoms with E-state index in [4.69, 9.17) is 20.1 Å². The van der Waals surface area contributed by atoms with Gasteiger partial charge in [0.2, 0.25) is 5.88 Å². The van der Waals surface area contributed by atoms with Crippen LogP contribution in [0.4, 0.5) is 0 Å². The van der Waals surface area contributed by atoms with Crippen LogP contribution in [0, 0.1) is 0 Å². The van der Waals surface area contributed by atoms with Gasteiger partial charge in [0.1, 0.15) is 5.75 Å². The fourth-order valence-electron chi connectivity index (χ4n) is 1.24. The van der Waals surface area contributed by atoms with Crippen molar-refractivity contribution in [1.29, 1.82) is 0 Å². The molecule has 7 heteroatoms. The molecule has 86 valence electrons. The van der Waals surface area contributed by atoms with Crippen LogP contribution < -0.4 is 9.47 Å². The lowest BCUT2D eigenvalue weighted by molar-refractivity contribution is 0.264. The molecule has 0 amide bonds. The molecule has 0 aliphatic heterocycles. The number of methoxy groups -OCH3 is 2. The van der Waals surface area contributed by atoms with E-state index in [1.807, 2.05) is 0 Å². The Balaban J connectivity index is 3.20. The number of pyridine rings is 1. The average molecular weight is 224 g/mol. The van der Waals surface area contributed by atoms with Crippen molar-refractivity contribution in [3.8, 4) is 11.6 Å². The molecule has 0 aromatic carbocycles. The first kappa shape index (κ1) is 12.1. The molecule has 1 heterocycles. The molecule has 0 saturated heterocycles. The van der Waals surface area contributed by atoms with Gasteiger partial charge in [0.05, 0.1) is 33.1 Å². The number of azide groups is 1. The van der Waals surface area contributed by atoms with Gasteiger partial charge >= 0.3 is 0 Å². The minimum atomic E-state index is -0.711. The first-order valence-corrected chi connectivity index (χ1v) is 4.49. The maximum absolute atomic E-state index is 9.11. The standard InChI is InChI=1S/C9H12N4O3/c1-15-8-4-11-9(16-2)3-6(8)7(5-14)12-13-10/h3-4,7,14H,5H2,1-2H3. The number of aliphatic hydroxyl groups excluding tert-OH is 1. The molecule has 0 aliphatic carbocycles. The van der Waals surface area contributed by atoms with Crippen LogP contribution in [0.5, 0.6) is 11.6 Å². The molecule has 1 aromatic rings. The fraction of sp³-hybridized carbons (Fsp3) is 0.444. The summed E-state index contributed by atoms with van der Waals surface area (Å²) in [7, 11) is 2.94. The largest absolute Gasteiger partial charge is 0.495 e. The minimum absolute atomic E-state index is 0.312. The molecule has 7 nitrogen and oxygen atoms in total.